The molecular formula is C11H20N2O. The molecule has 14 heavy (non-hydrogen) atoms. The average Bonchev–Trinajstić information content (AvgIpc) is 2.08. The number of unbranched alkanes of at least 4 members (excludes halogenated alkanes) is 1. The molecule has 2 N–H and O–H groups in total. The minimum atomic E-state index is -0.0177. The summed E-state index contributed by atoms with van der Waals surface area (Å²) in [6, 6.07) is 0. The molecule has 80 valence electrons. The van der Waals surface area contributed by atoms with Gasteiger partial charge in [-0.25, -0.2) is 0 Å². The van der Waals surface area contributed by atoms with Gasteiger partial charge in [-0.1, -0.05) is 0 Å². The van der Waals surface area contributed by atoms with Crippen LogP contribution in [0.4, 0.5) is 0 Å². The molecule has 0 saturated heterocycles. The lowest BCUT2D eigenvalue weighted by molar-refractivity contribution is -0.120. The van der Waals surface area contributed by atoms with E-state index in [0.29, 0.717) is 19.5 Å². The fourth-order valence-corrected chi connectivity index (χ4v) is 0.826. The van der Waals surface area contributed by atoms with E-state index in [1.807, 2.05) is 20.8 Å². The zero-order valence-electron chi connectivity index (χ0n) is 9.31. The van der Waals surface area contributed by atoms with E-state index in [1.54, 1.807) is 0 Å². The van der Waals surface area contributed by atoms with Crippen LogP contribution < -0.4 is 10.6 Å². The predicted octanol–water partition coefficient (Wildman–Crippen LogP) is 0.904. The summed E-state index contributed by atoms with van der Waals surface area (Å²) < 4.78 is 0. The highest BCUT2D eigenvalue weighted by Crippen LogP contribution is 1.96. The van der Waals surface area contributed by atoms with Crippen molar-refractivity contribution in [1.29, 1.82) is 0 Å². The molecule has 3 nitrogen and oxygen atoms in total. The lowest BCUT2D eigenvalue weighted by Crippen LogP contribution is -2.43. The first kappa shape index (κ1) is 13.0. The fraction of sp³-hybridized carbons (Fsp3) is 0.727. The van der Waals surface area contributed by atoms with Crippen molar-refractivity contribution >= 4 is 5.91 Å². The van der Waals surface area contributed by atoms with Gasteiger partial charge in [0.15, 0.2) is 0 Å². The first-order chi connectivity index (χ1) is 6.45. The quantitative estimate of drug-likeness (QED) is 0.507. The Morgan fingerprint density at radius 1 is 1.43 bits per heavy atom. The van der Waals surface area contributed by atoms with E-state index in [2.05, 4.69) is 16.6 Å². The third-order valence-corrected chi connectivity index (χ3v) is 1.60. The van der Waals surface area contributed by atoms with Crippen LogP contribution in [0.25, 0.3) is 0 Å². The van der Waals surface area contributed by atoms with E-state index in [0.717, 1.165) is 6.42 Å². The number of hydrogen-bond donors (Lipinski definition) is 2. The Hall–Kier alpha value is -1.01. The molecule has 0 heterocycles. The summed E-state index contributed by atoms with van der Waals surface area (Å²) in [5, 5.41) is 5.90. The second-order valence-corrected chi connectivity index (χ2v) is 4.26. The topological polar surface area (TPSA) is 41.1 Å². The Labute approximate surface area is 86.6 Å². The molecule has 0 aromatic rings. The maximum atomic E-state index is 11.2. The van der Waals surface area contributed by atoms with Crippen LogP contribution in [-0.2, 0) is 4.79 Å². The molecular weight excluding hydrogens is 176 g/mol. The number of amides is 1. The molecule has 0 unspecified atom stereocenters. The number of carbonyl (C=O) groups is 1. The summed E-state index contributed by atoms with van der Waals surface area (Å²) in [5.74, 6) is 2.56. The Kier molecular flexibility index (Phi) is 5.98. The third-order valence-electron chi connectivity index (χ3n) is 1.60. The van der Waals surface area contributed by atoms with Crippen LogP contribution in [0.5, 0.6) is 0 Å². The van der Waals surface area contributed by atoms with Gasteiger partial charge in [-0.15, -0.1) is 12.3 Å². The second kappa shape index (κ2) is 6.44. The minimum absolute atomic E-state index is 0.0177. The van der Waals surface area contributed by atoms with E-state index < -0.39 is 0 Å². The summed E-state index contributed by atoms with van der Waals surface area (Å²) in [6.07, 6.45) is 6.65. The number of hydrogen-bond acceptors (Lipinski definition) is 2. The Bertz CT molecular complexity index is 210. The van der Waals surface area contributed by atoms with Gasteiger partial charge in [-0.2, -0.15) is 0 Å². The van der Waals surface area contributed by atoms with Gasteiger partial charge in [-0.05, 0) is 27.2 Å². The van der Waals surface area contributed by atoms with Crippen LogP contribution in [0.3, 0.4) is 0 Å². The Morgan fingerprint density at radius 2 is 2.07 bits per heavy atom. The number of nitrogens with one attached hydrogen (secondary N) is 2. The van der Waals surface area contributed by atoms with E-state index >= 15 is 0 Å². The molecule has 0 fully saturated rings. The van der Waals surface area contributed by atoms with E-state index in [-0.39, 0.29) is 11.4 Å². The maximum absolute atomic E-state index is 11.2. The highest BCUT2D eigenvalue weighted by atomic mass is 16.1. The van der Waals surface area contributed by atoms with E-state index in [9.17, 15) is 4.79 Å². The van der Waals surface area contributed by atoms with Gasteiger partial charge >= 0.3 is 0 Å². The van der Waals surface area contributed by atoms with Gasteiger partial charge in [0.05, 0.1) is 6.54 Å². The molecule has 0 aromatic carbocycles. The molecule has 0 atom stereocenters. The molecule has 1 amide bonds. The first-order valence-corrected chi connectivity index (χ1v) is 4.91. The van der Waals surface area contributed by atoms with Crippen molar-refractivity contribution in [2.45, 2.75) is 39.2 Å². The summed E-state index contributed by atoms with van der Waals surface area (Å²) in [6.45, 7) is 7.10. The normalized spacial score (nSPS) is 10.7. The number of carbonyl (C=O) groups excluding carboxylic acids is 1. The smallest absolute Gasteiger partial charge is 0.233 e. The highest BCUT2D eigenvalue weighted by Gasteiger charge is 2.10. The standard InChI is InChI=1S/C11H20N2O/c1-5-6-7-8-12-10(14)9-13-11(2,3)4/h1,13H,6-9H2,2-4H3,(H,12,14). The van der Waals surface area contributed by atoms with Crippen molar-refractivity contribution in [3.63, 3.8) is 0 Å². The molecule has 0 saturated carbocycles. The van der Waals surface area contributed by atoms with Gasteiger partial charge in [0, 0.05) is 18.5 Å². The van der Waals surface area contributed by atoms with Gasteiger partial charge in [-0.3, -0.25) is 4.79 Å². The van der Waals surface area contributed by atoms with Crippen LogP contribution >= 0.6 is 0 Å². The molecule has 0 spiro atoms. The fourth-order valence-electron chi connectivity index (χ4n) is 0.826. The van der Waals surface area contributed by atoms with Crippen LogP contribution in [0, 0.1) is 12.3 Å². The highest BCUT2D eigenvalue weighted by molar-refractivity contribution is 5.78. The SMILES string of the molecule is C#CCCCNC(=O)CNC(C)(C)C. The van der Waals surface area contributed by atoms with Crippen LogP contribution in [0.1, 0.15) is 33.6 Å². The summed E-state index contributed by atoms with van der Waals surface area (Å²) >= 11 is 0. The Morgan fingerprint density at radius 3 is 2.57 bits per heavy atom. The maximum Gasteiger partial charge on any atom is 0.233 e. The van der Waals surface area contributed by atoms with Crippen molar-refractivity contribution in [3.8, 4) is 12.3 Å². The van der Waals surface area contributed by atoms with Crippen molar-refractivity contribution < 1.29 is 4.79 Å². The van der Waals surface area contributed by atoms with Crippen molar-refractivity contribution in [1.82, 2.24) is 10.6 Å². The monoisotopic (exact) mass is 196 g/mol. The van der Waals surface area contributed by atoms with Gasteiger partial charge in [0.1, 0.15) is 0 Å². The molecule has 0 aliphatic carbocycles. The average molecular weight is 196 g/mol. The molecule has 3 heteroatoms. The zero-order chi connectivity index (χ0) is 11.0. The van der Waals surface area contributed by atoms with Crippen molar-refractivity contribution in [2.24, 2.45) is 0 Å². The molecule has 0 aromatic heterocycles. The van der Waals surface area contributed by atoms with Gasteiger partial charge in [0.25, 0.3) is 0 Å². The van der Waals surface area contributed by atoms with Gasteiger partial charge < -0.3 is 10.6 Å². The molecule has 0 rings (SSSR count). The summed E-state index contributed by atoms with van der Waals surface area (Å²) in [4.78, 5) is 11.2. The number of rotatable bonds is 5. The van der Waals surface area contributed by atoms with Crippen molar-refractivity contribution in [3.05, 3.63) is 0 Å². The minimum Gasteiger partial charge on any atom is -0.355 e. The third kappa shape index (κ3) is 9.08. The molecule has 0 bridgehead atoms. The van der Waals surface area contributed by atoms with E-state index in [1.165, 1.54) is 0 Å². The van der Waals surface area contributed by atoms with Gasteiger partial charge in [0.2, 0.25) is 5.91 Å². The lowest BCUT2D eigenvalue weighted by Gasteiger charge is -2.19. The van der Waals surface area contributed by atoms with E-state index in [4.69, 9.17) is 6.42 Å². The predicted molar refractivity (Wildman–Crippen MR) is 58.8 cm³/mol. The van der Waals surface area contributed by atoms with Crippen LogP contribution in [0.15, 0.2) is 0 Å². The lowest BCUT2D eigenvalue weighted by atomic mass is 10.1. The molecule has 0 aliphatic rings. The summed E-state index contributed by atoms with van der Waals surface area (Å²) in [7, 11) is 0. The van der Waals surface area contributed by atoms with Crippen LogP contribution in [-0.4, -0.2) is 24.5 Å². The Balaban J connectivity index is 3.43. The second-order valence-electron chi connectivity index (χ2n) is 4.26. The number of terminal acetylenes is 1. The largest absolute Gasteiger partial charge is 0.355 e. The zero-order valence-corrected chi connectivity index (χ0v) is 9.31. The van der Waals surface area contributed by atoms with Crippen LogP contribution in [0.2, 0.25) is 0 Å². The summed E-state index contributed by atoms with van der Waals surface area (Å²) in [5.41, 5.74) is -0.0177. The molecule has 0 radical (unpaired) electrons. The molecule has 0 aliphatic heterocycles. The van der Waals surface area contributed by atoms with Crippen molar-refractivity contribution in [2.75, 3.05) is 13.1 Å². The first-order valence-electron chi connectivity index (χ1n) is 4.91.